The first-order valence-electron chi connectivity index (χ1n) is 11.5. The first-order chi connectivity index (χ1) is 17.9. The fraction of sp³-hybridized carbons (Fsp3) is 0.154. The number of nitrogens with one attached hydrogen (secondary N) is 3. The van der Waals surface area contributed by atoms with E-state index >= 15 is 0 Å². The van der Waals surface area contributed by atoms with Crippen LogP contribution in [0.25, 0.3) is 16.9 Å². The molecule has 9 nitrogen and oxygen atoms in total. The maximum absolute atomic E-state index is 14.3. The summed E-state index contributed by atoms with van der Waals surface area (Å²) in [5.74, 6) is -1.39. The topological polar surface area (TPSA) is 121 Å². The third kappa shape index (κ3) is 5.21. The Bertz CT molecular complexity index is 1460. The summed E-state index contributed by atoms with van der Waals surface area (Å²) in [7, 11) is 0. The summed E-state index contributed by atoms with van der Waals surface area (Å²) in [5, 5.41) is 23.1. The minimum Gasteiger partial charge on any atom is -0.390 e. The zero-order chi connectivity index (χ0) is 25.9. The summed E-state index contributed by atoms with van der Waals surface area (Å²) in [4.78, 5) is 30.2. The SMILES string of the molecule is O=C(N[C@H]1CNC[C@@H]1O)c1cc(NC(=O)c2cc(-c3ncccc3F)ccc2Cl)n(-c2ccccc2)n1. The summed E-state index contributed by atoms with van der Waals surface area (Å²) < 4.78 is 15.7. The maximum atomic E-state index is 14.3. The van der Waals surface area contributed by atoms with Crippen molar-refractivity contribution in [1.29, 1.82) is 0 Å². The smallest absolute Gasteiger partial charge is 0.272 e. The van der Waals surface area contributed by atoms with E-state index in [1.165, 1.54) is 41.2 Å². The van der Waals surface area contributed by atoms with Gasteiger partial charge in [0.1, 0.15) is 17.3 Å². The fourth-order valence-corrected chi connectivity index (χ4v) is 4.23. The molecule has 0 unspecified atom stereocenters. The van der Waals surface area contributed by atoms with Crippen LogP contribution in [0.1, 0.15) is 20.8 Å². The normalized spacial score (nSPS) is 16.9. The lowest BCUT2D eigenvalue weighted by Crippen LogP contribution is -2.42. The Balaban J connectivity index is 1.46. The van der Waals surface area contributed by atoms with Gasteiger partial charge >= 0.3 is 0 Å². The number of hydrogen-bond acceptors (Lipinski definition) is 6. The molecule has 11 heteroatoms. The highest BCUT2D eigenvalue weighted by Gasteiger charge is 2.28. The van der Waals surface area contributed by atoms with Gasteiger partial charge in [0.2, 0.25) is 0 Å². The molecule has 4 aromatic rings. The molecule has 3 heterocycles. The molecule has 1 saturated heterocycles. The number of benzene rings is 2. The van der Waals surface area contributed by atoms with Crippen molar-refractivity contribution in [3.63, 3.8) is 0 Å². The van der Waals surface area contributed by atoms with E-state index in [0.29, 0.717) is 24.3 Å². The number of para-hydroxylation sites is 1. The molecular weight excluding hydrogens is 499 g/mol. The number of β-amino-alcohol motifs (C(OH)–C–C–N with tert-alkyl or cyclic N) is 1. The van der Waals surface area contributed by atoms with Gasteiger partial charge in [0.05, 0.1) is 28.4 Å². The third-order valence-corrected chi connectivity index (χ3v) is 6.26. The Morgan fingerprint density at radius 3 is 2.59 bits per heavy atom. The molecule has 1 aliphatic rings. The molecular formula is C26H22ClFN6O3. The van der Waals surface area contributed by atoms with Gasteiger partial charge in [0, 0.05) is 30.9 Å². The summed E-state index contributed by atoms with van der Waals surface area (Å²) in [5.41, 5.74) is 1.22. The summed E-state index contributed by atoms with van der Waals surface area (Å²) in [6.07, 6.45) is 0.746. The lowest BCUT2D eigenvalue weighted by Gasteiger charge is -2.14. The molecule has 0 bridgehead atoms. The van der Waals surface area contributed by atoms with Gasteiger partial charge in [-0.1, -0.05) is 35.9 Å². The summed E-state index contributed by atoms with van der Waals surface area (Å²) in [6.45, 7) is 0.814. The van der Waals surface area contributed by atoms with Crippen LogP contribution in [0.15, 0.2) is 72.9 Å². The monoisotopic (exact) mass is 520 g/mol. The van der Waals surface area contributed by atoms with E-state index in [4.69, 9.17) is 11.6 Å². The minimum absolute atomic E-state index is 0.0497. The lowest BCUT2D eigenvalue weighted by atomic mass is 10.1. The average Bonchev–Trinajstić information content (AvgIpc) is 3.51. The molecule has 1 aliphatic heterocycles. The van der Waals surface area contributed by atoms with E-state index in [9.17, 15) is 19.1 Å². The number of aliphatic hydroxyl groups excluding tert-OH is 1. The van der Waals surface area contributed by atoms with Crippen molar-refractivity contribution in [1.82, 2.24) is 25.4 Å². The number of nitrogens with zero attached hydrogens (tertiary/aromatic N) is 3. The average molecular weight is 521 g/mol. The molecule has 2 aromatic carbocycles. The Kier molecular flexibility index (Phi) is 6.95. The van der Waals surface area contributed by atoms with E-state index < -0.39 is 29.8 Å². The van der Waals surface area contributed by atoms with Crippen molar-refractivity contribution in [2.45, 2.75) is 12.1 Å². The minimum atomic E-state index is -0.710. The molecule has 37 heavy (non-hydrogen) atoms. The number of halogens is 2. The van der Waals surface area contributed by atoms with E-state index in [0.717, 1.165) is 0 Å². The van der Waals surface area contributed by atoms with Crippen molar-refractivity contribution in [3.8, 4) is 16.9 Å². The largest absolute Gasteiger partial charge is 0.390 e. The number of aromatic nitrogens is 3. The highest BCUT2D eigenvalue weighted by atomic mass is 35.5. The maximum Gasteiger partial charge on any atom is 0.272 e. The highest BCUT2D eigenvalue weighted by molar-refractivity contribution is 6.34. The standard InChI is InChI=1S/C26H22ClFN6O3/c27-18-9-8-15(24-19(28)7-4-10-30-24)11-17(18)25(36)32-23-12-20(26(37)31-21-13-29-14-22(21)35)33-34(23)16-5-2-1-3-6-16/h1-12,21-22,29,35H,13-14H2,(H,31,37)(H,32,36)/t21-,22-/m0/s1. The van der Waals surface area contributed by atoms with E-state index in [-0.39, 0.29) is 27.8 Å². The van der Waals surface area contributed by atoms with Crippen molar-refractivity contribution >= 4 is 29.2 Å². The van der Waals surface area contributed by atoms with Crippen molar-refractivity contribution in [2.75, 3.05) is 18.4 Å². The second kappa shape index (κ2) is 10.5. The number of aliphatic hydroxyl groups is 1. The molecule has 0 radical (unpaired) electrons. The van der Waals surface area contributed by atoms with Crippen LogP contribution < -0.4 is 16.0 Å². The zero-order valence-electron chi connectivity index (χ0n) is 19.4. The van der Waals surface area contributed by atoms with Gasteiger partial charge in [-0.25, -0.2) is 9.07 Å². The highest BCUT2D eigenvalue weighted by Crippen LogP contribution is 2.27. The first kappa shape index (κ1) is 24.6. The number of pyridine rings is 1. The van der Waals surface area contributed by atoms with Crippen LogP contribution in [0.3, 0.4) is 0 Å². The number of hydrogen-bond donors (Lipinski definition) is 4. The molecule has 0 saturated carbocycles. The van der Waals surface area contributed by atoms with Gasteiger partial charge in [0.25, 0.3) is 11.8 Å². The number of amides is 2. The lowest BCUT2D eigenvalue weighted by molar-refractivity contribution is 0.0883. The van der Waals surface area contributed by atoms with Gasteiger partial charge in [-0.05, 0) is 36.4 Å². The van der Waals surface area contributed by atoms with Gasteiger partial charge in [-0.15, -0.1) is 0 Å². The molecule has 1 fully saturated rings. The molecule has 2 aromatic heterocycles. The second-order valence-electron chi connectivity index (χ2n) is 8.45. The summed E-state index contributed by atoms with van der Waals surface area (Å²) >= 11 is 6.31. The van der Waals surface area contributed by atoms with Crippen molar-refractivity contribution < 1.29 is 19.1 Å². The fourth-order valence-electron chi connectivity index (χ4n) is 4.03. The van der Waals surface area contributed by atoms with Crippen LogP contribution in [0.5, 0.6) is 0 Å². The van der Waals surface area contributed by atoms with E-state index in [1.807, 2.05) is 6.07 Å². The number of anilines is 1. The van der Waals surface area contributed by atoms with Crippen molar-refractivity contribution in [3.05, 3.63) is 95.0 Å². The number of carbonyl (C=O) groups excluding carboxylic acids is 2. The van der Waals surface area contributed by atoms with Crippen LogP contribution in [-0.2, 0) is 0 Å². The molecule has 5 rings (SSSR count). The Morgan fingerprint density at radius 1 is 1.05 bits per heavy atom. The molecule has 2 amide bonds. The predicted molar refractivity (Wildman–Crippen MR) is 136 cm³/mol. The van der Waals surface area contributed by atoms with Gasteiger partial charge in [-0.2, -0.15) is 5.10 Å². The number of rotatable bonds is 6. The first-order valence-corrected chi connectivity index (χ1v) is 11.9. The Hall–Kier alpha value is -4.12. The van der Waals surface area contributed by atoms with Crippen LogP contribution in [-0.4, -0.2) is 56.9 Å². The van der Waals surface area contributed by atoms with E-state index in [1.54, 1.807) is 30.3 Å². The van der Waals surface area contributed by atoms with Gasteiger partial charge < -0.3 is 21.1 Å². The van der Waals surface area contributed by atoms with E-state index in [2.05, 4.69) is 26.0 Å². The summed E-state index contributed by atoms with van der Waals surface area (Å²) in [6, 6.07) is 17.2. The van der Waals surface area contributed by atoms with Crippen molar-refractivity contribution in [2.24, 2.45) is 0 Å². The Labute approximate surface area is 216 Å². The van der Waals surface area contributed by atoms with Crippen LogP contribution >= 0.6 is 11.6 Å². The molecule has 4 N–H and O–H groups in total. The predicted octanol–water partition coefficient (Wildman–Crippen LogP) is 3.04. The van der Waals surface area contributed by atoms with Gasteiger partial charge in [-0.3, -0.25) is 14.6 Å². The number of carbonyl (C=O) groups is 2. The molecule has 2 atom stereocenters. The zero-order valence-corrected chi connectivity index (χ0v) is 20.1. The second-order valence-corrected chi connectivity index (χ2v) is 8.86. The van der Waals surface area contributed by atoms with Crippen LogP contribution in [0, 0.1) is 5.82 Å². The third-order valence-electron chi connectivity index (χ3n) is 5.93. The van der Waals surface area contributed by atoms with Crippen LogP contribution in [0.2, 0.25) is 5.02 Å². The molecule has 0 aliphatic carbocycles. The molecule has 0 spiro atoms. The molecule has 188 valence electrons. The Morgan fingerprint density at radius 2 is 1.86 bits per heavy atom. The van der Waals surface area contributed by atoms with Crippen LogP contribution in [0.4, 0.5) is 10.2 Å². The van der Waals surface area contributed by atoms with Gasteiger partial charge in [0.15, 0.2) is 5.69 Å². The quantitative estimate of drug-likeness (QED) is 0.310.